The van der Waals surface area contributed by atoms with E-state index in [4.69, 9.17) is 10.8 Å². The van der Waals surface area contributed by atoms with Crippen LogP contribution in [0.1, 0.15) is 5.56 Å². The smallest absolute Gasteiger partial charge is 0.315 e. The summed E-state index contributed by atoms with van der Waals surface area (Å²) in [5, 5.41) is 28.8. The summed E-state index contributed by atoms with van der Waals surface area (Å²) in [7, 11) is 0. The van der Waals surface area contributed by atoms with E-state index in [1.807, 2.05) is 0 Å². The van der Waals surface area contributed by atoms with Gasteiger partial charge in [-0.3, -0.25) is 14.9 Å². The highest BCUT2D eigenvalue weighted by molar-refractivity contribution is 5.90. The number of nitrogens with zero attached hydrogens (tertiary/aromatic N) is 1. The van der Waals surface area contributed by atoms with E-state index < -0.39 is 28.0 Å². The van der Waals surface area contributed by atoms with Gasteiger partial charge < -0.3 is 15.9 Å². The molecule has 7 nitrogen and oxygen atoms in total. The monoisotopic (exact) mass is 224 g/mol. The Labute approximate surface area is 89.6 Å². The number of benzene rings is 1. The van der Waals surface area contributed by atoms with Crippen molar-refractivity contribution in [2.24, 2.45) is 5.73 Å². The summed E-state index contributed by atoms with van der Waals surface area (Å²) in [6, 6.07) is 2.08. The molecule has 16 heavy (non-hydrogen) atoms. The van der Waals surface area contributed by atoms with Gasteiger partial charge in [-0.05, 0) is 17.7 Å². The second kappa shape index (κ2) is 4.30. The summed E-state index contributed by atoms with van der Waals surface area (Å²) in [6.07, 6.45) is 2.17. The summed E-state index contributed by atoms with van der Waals surface area (Å²) in [5.74, 6) is -2.19. The molecule has 0 unspecified atom stereocenters. The molecule has 0 spiro atoms. The van der Waals surface area contributed by atoms with Gasteiger partial charge in [0.25, 0.3) is 0 Å². The first kappa shape index (κ1) is 11.5. The maximum atomic E-state index is 10.5. The van der Waals surface area contributed by atoms with Crippen LogP contribution >= 0.6 is 0 Å². The molecule has 84 valence electrons. The molecule has 0 aliphatic carbocycles. The molecule has 0 fully saturated rings. The van der Waals surface area contributed by atoms with Gasteiger partial charge in [-0.25, -0.2) is 0 Å². The predicted octanol–water partition coefficient (Wildman–Crippen LogP) is 0.504. The van der Waals surface area contributed by atoms with Crippen molar-refractivity contribution in [2.75, 3.05) is 0 Å². The van der Waals surface area contributed by atoms with E-state index >= 15 is 0 Å². The fourth-order valence-electron chi connectivity index (χ4n) is 1.04. The van der Waals surface area contributed by atoms with E-state index in [1.165, 1.54) is 6.08 Å². The second-order valence-corrected chi connectivity index (χ2v) is 2.90. The molecule has 0 saturated heterocycles. The lowest BCUT2D eigenvalue weighted by Gasteiger charge is -2.00. The molecule has 0 bridgehead atoms. The third kappa shape index (κ3) is 2.47. The lowest BCUT2D eigenvalue weighted by Crippen LogP contribution is -2.05. The summed E-state index contributed by atoms with van der Waals surface area (Å²) >= 11 is 0. The molecule has 4 N–H and O–H groups in total. The minimum atomic E-state index is -0.851. The third-order valence-electron chi connectivity index (χ3n) is 1.73. The van der Waals surface area contributed by atoms with Crippen LogP contribution in [0.3, 0.4) is 0 Å². The van der Waals surface area contributed by atoms with Crippen LogP contribution in [0.2, 0.25) is 0 Å². The summed E-state index contributed by atoms with van der Waals surface area (Å²) < 4.78 is 0. The topological polar surface area (TPSA) is 127 Å². The molecule has 7 heteroatoms. The molecule has 1 aromatic rings. The van der Waals surface area contributed by atoms with Gasteiger partial charge in [0, 0.05) is 12.1 Å². The first-order valence-electron chi connectivity index (χ1n) is 4.09. The van der Waals surface area contributed by atoms with Crippen LogP contribution in [0.15, 0.2) is 18.2 Å². The molecular formula is C9H8N2O5. The zero-order chi connectivity index (χ0) is 12.3. The van der Waals surface area contributed by atoms with Crippen LogP contribution < -0.4 is 5.73 Å². The summed E-state index contributed by atoms with van der Waals surface area (Å²) in [6.45, 7) is 0. The summed E-state index contributed by atoms with van der Waals surface area (Å²) in [4.78, 5) is 20.1. The SMILES string of the molecule is NC(=O)C=Cc1cc(O)c(O)c([N+](=O)[O-])c1. The van der Waals surface area contributed by atoms with Gasteiger partial charge in [0.15, 0.2) is 5.75 Å². The van der Waals surface area contributed by atoms with Gasteiger partial charge >= 0.3 is 5.69 Å². The van der Waals surface area contributed by atoms with Crippen molar-refractivity contribution in [2.45, 2.75) is 0 Å². The first-order valence-corrected chi connectivity index (χ1v) is 4.09. The van der Waals surface area contributed by atoms with Crippen LogP contribution in [0, 0.1) is 10.1 Å². The number of amides is 1. The average Bonchev–Trinajstić information content (AvgIpc) is 2.19. The Hall–Kier alpha value is -2.57. The third-order valence-corrected chi connectivity index (χ3v) is 1.73. The molecule has 1 amide bonds. The fourth-order valence-corrected chi connectivity index (χ4v) is 1.04. The van der Waals surface area contributed by atoms with Crippen LogP contribution in [-0.4, -0.2) is 21.0 Å². The number of nitro groups is 1. The van der Waals surface area contributed by atoms with Crippen molar-refractivity contribution < 1.29 is 19.9 Å². The van der Waals surface area contributed by atoms with E-state index in [1.54, 1.807) is 0 Å². The number of hydrogen-bond acceptors (Lipinski definition) is 5. The molecule has 0 aliphatic rings. The zero-order valence-corrected chi connectivity index (χ0v) is 7.95. The van der Waals surface area contributed by atoms with Crippen molar-refractivity contribution in [3.63, 3.8) is 0 Å². The number of primary amides is 1. The van der Waals surface area contributed by atoms with Crippen LogP contribution in [-0.2, 0) is 4.79 Å². The van der Waals surface area contributed by atoms with E-state index in [-0.39, 0.29) is 5.56 Å². The van der Waals surface area contributed by atoms with Gasteiger partial charge in [0.2, 0.25) is 11.7 Å². The molecule has 1 rings (SSSR count). The Morgan fingerprint density at radius 1 is 1.44 bits per heavy atom. The van der Waals surface area contributed by atoms with Gasteiger partial charge in [0.05, 0.1) is 4.92 Å². The number of carbonyl (C=O) groups is 1. The van der Waals surface area contributed by atoms with E-state index in [9.17, 15) is 20.0 Å². The number of hydrogen-bond donors (Lipinski definition) is 3. The molecular weight excluding hydrogens is 216 g/mol. The standard InChI is InChI=1S/C9H8N2O5/c10-8(13)2-1-5-3-6(11(15)16)9(14)7(12)4-5/h1-4,12,14H,(H2,10,13). The van der Waals surface area contributed by atoms with Gasteiger partial charge in [-0.1, -0.05) is 0 Å². The lowest BCUT2D eigenvalue weighted by molar-refractivity contribution is -0.386. The lowest BCUT2D eigenvalue weighted by atomic mass is 10.1. The number of nitrogens with two attached hydrogens (primary N) is 1. The maximum Gasteiger partial charge on any atom is 0.315 e. The molecule has 0 aromatic heterocycles. The molecule has 0 saturated carbocycles. The number of rotatable bonds is 3. The number of phenolic OH excluding ortho intramolecular Hbond substituents is 2. The summed E-state index contributed by atoms with van der Waals surface area (Å²) in [5.41, 5.74) is 4.37. The van der Waals surface area contributed by atoms with Crippen molar-refractivity contribution in [1.82, 2.24) is 0 Å². The van der Waals surface area contributed by atoms with E-state index in [0.717, 1.165) is 18.2 Å². The number of aromatic hydroxyl groups is 2. The minimum absolute atomic E-state index is 0.181. The Balaban J connectivity index is 3.24. The highest BCUT2D eigenvalue weighted by Crippen LogP contribution is 2.36. The van der Waals surface area contributed by atoms with Crippen LogP contribution in [0.4, 0.5) is 5.69 Å². The van der Waals surface area contributed by atoms with Crippen molar-refractivity contribution in [1.29, 1.82) is 0 Å². The number of carbonyl (C=O) groups excluding carboxylic acids is 1. The quantitative estimate of drug-likeness (QED) is 0.298. The Morgan fingerprint density at radius 3 is 2.56 bits per heavy atom. The molecule has 1 aromatic carbocycles. The fraction of sp³-hybridized carbons (Fsp3) is 0. The minimum Gasteiger partial charge on any atom is -0.504 e. The highest BCUT2D eigenvalue weighted by Gasteiger charge is 2.17. The Kier molecular flexibility index (Phi) is 3.09. The number of phenols is 2. The Morgan fingerprint density at radius 2 is 2.06 bits per heavy atom. The first-order chi connectivity index (χ1) is 7.41. The van der Waals surface area contributed by atoms with Crippen LogP contribution in [0.5, 0.6) is 11.5 Å². The van der Waals surface area contributed by atoms with Gasteiger partial charge in [0.1, 0.15) is 0 Å². The van der Waals surface area contributed by atoms with E-state index in [0.29, 0.717) is 0 Å². The second-order valence-electron chi connectivity index (χ2n) is 2.90. The maximum absolute atomic E-state index is 10.5. The van der Waals surface area contributed by atoms with Crippen molar-refractivity contribution in [3.05, 3.63) is 33.9 Å². The normalized spacial score (nSPS) is 10.5. The highest BCUT2D eigenvalue weighted by atomic mass is 16.6. The van der Waals surface area contributed by atoms with Crippen molar-refractivity contribution >= 4 is 17.7 Å². The van der Waals surface area contributed by atoms with E-state index in [2.05, 4.69) is 0 Å². The molecule has 0 radical (unpaired) electrons. The largest absolute Gasteiger partial charge is 0.504 e. The van der Waals surface area contributed by atoms with Gasteiger partial charge in [-0.2, -0.15) is 0 Å². The average molecular weight is 224 g/mol. The number of nitro benzene ring substituents is 1. The molecule has 0 aliphatic heterocycles. The Bertz CT molecular complexity index is 481. The molecule has 0 heterocycles. The molecule has 0 atom stereocenters. The predicted molar refractivity (Wildman–Crippen MR) is 54.7 cm³/mol. The van der Waals surface area contributed by atoms with Crippen molar-refractivity contribution in [3.8, 4) is 11.5 Å². The van der Waals surface area contributed by atoms with Crippen LogP contribution in [0.25, 0.3) is 6.08 Å². The van der Waals surface area contributed by atoms with Gasteiger partial charge in [-0.15, -0.1) is 0 Å². The zero-order valence-electron chi connectivity index (χ0n) is 7.95.